The smallest absolute Gasteiger partial charge is 0.326 e. The monoisotopic (exact) mass is 452 g/mol. The molecule has 0 radical (unpaired) electrons. The zero-order valence-electron chi connectivity index (χ0n) is 19.1. The van der Waals surface area contributed by atoms with Crippen molar-refractivity contribution < 1.29 is 14.1 Å². The fourth-order valence-corrected chi connectivity index (χ4v) is 4.11. The first-order chi connectivity index (χ1) is 16.5. The predicted octanol–water partition coefficient (Wildman–Crippen LogP) is 5.76. The van der Waals surface area contributed by atoms with E-state index in [1.165, 1.54) is 0 Å². The molecule has 170 valence electrons. The summed E-state index contributed by atoms with van der Waals surface area (Å²) in [5.74, 6) is 1.57. The number of aromatic nitrogens is 2. The highest BCUT2D eigenvalue weighted by Crippen LogP contribution is 2.39. The van der Waals surface area contributed by atoms with E-state index in [-0.39, 0.29) is 6.03 Å². The van der Waals surface area contributed by atoms with Crippen molar-refractivity contribution in [2.45, 2.75) is 19.9 Å². The van der Waals surface area contributed by atoms with E-state index in [4.69, 9.17) is 14.2 Å². The fourth-order valence-electron chi connectivity index (χ4n) is 4.11. The Morgan fingerprint density at radius 3 is 2.32 bits per heavy atom. The summed E-state index contributed by atoms with van der Waals surface area (Å²) in [7, 11) is 1.61. The maximum Gasteiger partial charge on any atom is 0.326 e. The maximum absolute atomic E-state index is 13.3. The first-order valence-electron chi connectivity index (χ1n) is 11.0. The van der Waals surface area contributed by atoms with E-state index in [9.17, 15) is 4.79 Å². The summed E-state index contributed by atoms with van der Waals surface area (Å²) in [5, 5.41) is 7.34. The Morgan fingerprint density at radius 2 is 1.65 bits per heavy atom. The normalized spacial score (nSPS) is 15.9. The zero-order chi connectivity index (χ0) is 23.7. The summed E-state index contributed by atoms with van der Waals surface area (Å²) >= 11 is 0. The Kier molecular flexibility index (Phi) is 5.59. The summed E-state index contributed by atoms with van der Waals surface area (Å²) in [6.45, 7) is 3.92. The molecule has 34 heavy (non-hydrogen) atoms. The Hall–Kier alpha value is -4.39. The van der Waals surface area contributed by atoms with Crippen molar-refractivity contribution in [3.05, 3.63) is 102 Å². The second-order valence-corrected chi connectivity index (χ2v) is 8.11. The van der Waals surface area contributed by atoms with Gasteiger partial charge in [-0.15, -0.1) is 0 Å². The third kappa shape index (κ3) is 3.92. The van der Waals surface area contributed by atoms with Gasteiger partial charge in [-0.2, -0.15) is 4.98 Å². The summed E-state index contributed by atoms with van der Waals surface area (Å²) in [6, 6.07) is 24.4. The van der Waals surface area contributed by atoms with Crippen LogP contribution in [0.25, 0.3) is 17.0 Å². The number of anilines is 1. The Bertz CT molecular complexity index is 1340. The molecule has 1 aliphatic heterocycles. The largest absolute Gasteiger partial charge is 0.497 e. The lowest BCUT2D eigenvalue weighted by molar-refractivity contribution is 0.244. The molecule has 0 saturated carbocycles. The molecule has 7 nitrogen and oxygen atoms in total. The number of carbonyl (C=O) groups excluding carboxylic acids is 1. The van der Waals surface area contributed by atoms with Gasteiger partial charge in [0.2, 0.25) is 5.82 Å². The predicted molar refractivity (Wildman–Crippen MR) is 130 cm³/mol. The molecule has 1 N–H and O–H groups in total. The summed E-state index contributed by atoms with van der Waals surface area (Å²) in [4.78, 5) is 19.6. The minimum Gasteiger partial charge on any atom is -0.497 e. The number of ether oxygens (including phenoxy) is 1. The molecule has 4 aromatic rings. The highest BCUT2D eigenvalue weighted by Gasteiger charge is 2.36. The van der Waals surface area contributed by atoms with Crippen molar-refractivity contribution in [2.75, 3.05) is 12.0 Å². The van der Waals surface area contributed by atoms with Crippen molar-refractivity contribution in [3.63, 3.8) is 0 Å². The number of urea groups is 1. The number of aryl methyl sites for hydroxylation is 1. The Labute approximate surface area is 197 Å². The number of allylic oxidation sites excluding steroid dienone is 1. The highest BCUT2D eigenvalue weighted by molar-refractivity contribution is 6.01. The summed E-state index contributed by atoms with van der Waals surface area (Å²) in [5.41, 5.74) is 5.10. The van der Waals surface area contributed by atoms with Gasteiger partial charge in [0.25, 0.3) is 5.89 Å². The molecule has 7 heteroatoms. The zero-order valence-corrected chi connectivity index (χ0v) is 19.1. The van der Waals surface area contributed by atoms with Crippen LogP contribution >= 0.6 is 0 Å². The van der Waals surface area contributed by atoms with Crippen LogP contribution in [0.2, 0.25) is 0 Å². The van der Waals surface area contributed by atoms with Crippen molar-refractivity contribution in [2.24, 2.45) is 0 Å². The number of hydrogen-bond acceptors (Lipinski definition) is 5. The number of amides is 2. The van der Waals surface area contributed by atoms with Crippen molar-refractivity contribution >= 4 is 17.3 Å². The average Bonchev–Trinajstić information content (AvgIpc) is 3.35. The van der Waals surface area contributed by atoms with Crippen LogP contribution in [0.3, 0.4) is 0 Å². The lowest BCUT2D eigenvalue weighted by atomic mass is 9.94. The van der Waals surface area contributed by atoms with E-state index in [0.717, 1.165) is 22.3 Å². The number of rotatable bonds is 5. The van der Waals surface area contributed by atoms with Gasteiger partial charge in [-0.1, -0.05) is 65.3 Å². The van der Waals surface area contributed by atoms with Crippen LogP contribution in [0.4, 0.5) is 10.5 Å². The van der Waals surface area contributed by atoms with Crippen molar-refractivity contribution in [3.8, 4) is 17.1 Å². The molecule has 1 aromatic heterocycles. The molecule has 0 aliphatic carbocycles. The fraction of sp³-hybridized carbons (Fsp3) is 0.148. The van der Waals surface area contributed by atoms with E-state index in [0.29, 0.717) is 28.8 Å². The maximum atomic E-state index is 13.3. The number of hydrogen-bond donors (Lipinski definition) is 1. The Balaban J connectivity index is 1.63. The minimum absolute atomic E-state index is 0.237. The van der Waals surface area contributed by atoms with Crippen molar-refractivity contribution in [1.82, 2.24) is 15.5 Å². The van der Waals surface area contributed by atoms with Gasteiger partial charge in [0.1, 0.15) is 5.75 Å². The number of nitrogens with zero attached hydrogens (tertiary/aromatic N) is 3. The molecular weight excluding hydrogens is 428 g/mol. The van der Waals surface area contributed by atoms with E-state index < -0.39 is 6.04 Å². The van der Waals surface area contributed by atoms with Gasteiger partial charge in [0, 0.05) is 11.3 Å². The molecule has 1 unspecified atom stereocenters. The van der Waals surface area contributed by atoms with Gasteiger partial charge in [-0.25, -0.2) is 4.79 Å². The number of methoxy groups -OCH3 is 1. The average molecular weight is 453 g/mol. The topological polar surface area (TPSA) is 80.5 Å². The summed E-state index contributed by atoms with van der Waals surface area (Å²) in [6.07, 6.45) is 0. The molecule has 0 spiro atoms. The third-order valence-corrected chi connectivity index (χ3v) is 5.91. The summed E-state index contributed by atoms with van der Waals surface area (Å²) < 4.78 is 11.0. The molecule has 3 aromatic carbocycles. The second kappa shape index (κ2) is 8.86. The molecular formula is C27H24N4O3. The van der Waals surface area contributed by atoms with Gasteiger partial charge in [0.05, 0.1) is 24.4 Å². The minimum atomic E-state index is -0.436. The van der Waals surface area contributed by atoms with Crippen LogP contribution in [0.1, 0.15) is 30.0 Å². The standard InChI is InChI=1S/C27H24N4O3/c1-17-9-11-20(12-10-17)25-29-26(34-30-25)23-18(2)31(21-13-15-22(33-3)16-14-21)27(32)28-24(23)19-7-5-4-6-8-19/h4-16,24H,1-3H3,(H,28,32). The first kappa shape index (κ1) is 21.5. The first-order valence-corrected chi connectivity index (χ1v) is 11.0. The molecule has 2 heterocycles. The van der Waals surface area contributed by atoms with Crippen LogP contribution in [-0.2, 0) is 0 Å². The molecule has 0 fully saturated rings. The SMILES string of the molecule is COc1ccc(N2C(=O)NC(c3ccccc3)C(c3nc(-c4ccc(C)cc4)no3)=C2C)cc1. The molecule has 1 aliphatic rings. The molecule has 0 saturated heterocycles. The van der Waals surface area contributed by atoms with E-state index >= 15 is 0 Å². The van der Waals surface area contributed by atoms with E-state index in [1.54, 1.807) is 12.0 Å². The van der Waals surface area contributed by atoms with E-state index in [1.807, 2.05) is 92.7 Å². The molecule has 5 rings (SSSR count). The van der Waals surface area contributed by atoms with Crippen LogP contribution in [0, 0.1) is 6.92 Å². The number of nitrogens with one attached hydrogen (secondary N) is 1. The van der Waals surface area contributed by atoms with Gasteiger partial charge in [-0.05, 0) is 43.7 Å². The second-order valence-electron chi connectivity index (χ2n) is 8.11. The van der Waals surface area contributed by atoms with Gasteiger partial charge in [0.15, 0.2) is 0 Å². The number of benzene rings is 3. The highest BCUT2D eigenvalue weighted by atomic mass is 16.5. The lowest BCUT2D eigenvalue weighted by Gasteiger charge is -2.35. The van der Waals surface area contributed by atoms with Crippen LogP contribution in [-0.4, -0.2) is 23.3 Å². The van der Waals surface area contributed by atoms with Gasteiger partial charge in [-0.3, -0.25) is 4.90 Å². The molecule has 0 bridgehead atoms. The van der Waals surface area contributed by atoms with Crippen LogP contribution < -0.4 is 15.0 Å². The lowest BCUT2D eigenvalue weighted by Crippen LogP contribution is -2.46. The number of carbonyl (C=O) groups is 1. The van der Waals surface area contributed by atoms with Crippen molar-refractivity contribution in [1.29, 1.82) is 0 Å². The molecule has 2 amide bonds. The molecule has 1 atom stereocenters. The third-order valence-electron chi connectivity index (χ3n) is 5.91. The Morgan fingerprint density at radius 1 is 0.941 bits per heavy atom. The van der Waals surface area contributed by atoms with Gasteiger partial charge < -0.3 is 14.6 Å². The quantitative estimate of drug-likeness (QED) is 0.417. The van der Waals surface area contributed by atoms with Crippen LogP contribution in [0.5, 0.6) is 5.75 Å². The van der Waals surface area contributed by atoms with Gasteiger partial charge >= 0.3 is 6.03 Å². The van der Waals surface area contributed by atoms with E-state index in [2.05, 4.69) is 10.5 Å². The van der Waals surface area contributed by atoms with Crippen LogP contribution in [0.15, 0.2) is 89.1 Å².